The molecule has 0 aliphatic carbocycles. The summed E-state index contributed by atoms with van der Waals surface area (Å²) >= 11 is 0. The zero-order chi connectivity index (χ0) is 8.62. The molecule has 0 saturated heterocycles. The molecule has 0 fully saturated rings. The number of nitrogens with two attached hydrogens (primary N) is 2. The van der Waals surface area contributed by atoms with Gasteiger partial charge in [0.2, 0.25) is 0 Å². The number of rotatable bonds is 2. The van der Waals surface area contributed by atoms with Gasteiger partial charge in [0.05, 0.1) is 5.75 Å². The monoisotopic (exact) mass is 193 g/mol. The maximum atomic E-state index is 9.56. The van der Waals surface area contributed by atoms with E-state index in [9.17, 15) is 8.42 Å². The van der Waals surface area contributed by atoms with Gasteiger partial charge in [-0.2, -0.15) is 8.42 Å². The summed E-state index contributed by atoms with van der Waals surface area (Å²) in [6.45, 7) is 2.56. The largest absolute Gasteiger partial charge is 0.329 e. The van der Waals surface area contributed by atoms with Crippen LogP contribution in [-0.2, 0) is 10.1 Å². The first-order chi connectivity index (χ1) is 4.47. The van der Waals surface area contributed by atoms with Crippen molar-refractivity contribution in [3.63, 3.8) is 0 Å². The summed E-state index contributed by atoms with van der Waals surface area (Å²) in [5.41, 5.74) is 9.81. The molecule has 0 aliphatic rings. The molecule has 0 bridgehead atoms. The minimum absolute atomic E-state index is 0. The van der Waals surface area contributed by atoms with E-state index < -0.39 is 10.1 Å². The third kappa shape index (κ3) is 36.2. The van der Waals surface area contributed by atoms with Crippen molar-refractivity contribution in [1.82, 2.24) is 0 Å². The predicted octanol–water partition coefficient (Wildman–Crippen LogP) is -1.58. The van der Waals surface area contributed by atoms with E-state index in [1.54, 1.807) is 0 Å². The second-order valence-corrected chi connectivity index (χ2v) is 3.19. The van der Waals surface area contributed by atoms with Crippen LogP contribution < -0.4 is 11.5 Å². The molecule has 5 nitrogen and oxygen atoms in total. The van der Waals surface area contributed by atoms with E-state index in [0.29, 0.717) is 13.1 Å². The maximum absolute atomic E-state index is 9.56. The van der Waals surface area contributed by atoms with Crippen molar-refractivity contribution in [2.24, 2.45) is 11.5 Å². The molecule has 0 aromatic carbocycles. The molecule has 0 spiro atoms. The summed E-state index contributed by atoms with van der Waals surface area (Å²) < 4.78 is 26.9. The second kappa shape index (κ2) is 10.8. The normalized spacial score (nSPS) is 9.09. The van der Waals surface area contributed by atoms with Crippen molar-refractivity contribution in [3.05, 3.63) is 0 Å². The number of hydrogen-bond donors (Lipinski definition) is 3. The van der Waals surface area contributed by atoms with Gasteiger partial charge in [0.15, 0.2) is 0 Å². The third-order valence-corrected chi connectivity index (χ3v) is 1.26. The molecule has 65 valence electrons. The van der Waals surface area contributed by atoms with Crippen LogP contribution in [0.15, 0.2) is 0 Å². The molecule has 7 heteroatoms. The first-order valence-electron chi connectivity index (χ1n) is 2.83. The first-order valence-corrected chi connectivity index (χ1v) is 4.44. The van der Waals surface area contributed by atoms with Gasteiger partial charge in [-0.05, 0) is 6.92 Å². The first kappa shape index (κ1) is 17.8. The van der Waals surface area contributed by atoms with Crippen LogP contribution in [0.4, 0.5) is 0 Å². The quantitative estimate of drug-likeness (QED) is 0.362. The fourth-order valence-corrected chi connectivity index (χ4v) is 0. The van der Waals surface area contributed by atoms with Crippen LogP contribution in [0.2, 0.25) is 0 Å². The van der Waals surface area contributed by atoms with E-state index in [-0.39, 0.29) is 35.3 Å². The van der Waals surface area contributed by atoms with Crippen molar-refractivity contribution < 1.29 is 13.0 Å². The van der Waals surface area contributed by atoms with Crippen molar-refractivity contribution in [2.75, 3.05) is 18.8 Å². The molecule has 11 heavy (non-hydrogen) atoms. The molecule has 0 aromatic heterocycles. The Kier molecular flexibility index (Phi) is 17.5. The Bertz CT molecular complexity index is 145. The van der Waals surface area contributed by atoms with Gasteiger partial charge in [-0.1, -0.05) is 0 Å². The minimum Gasteiger partial charge on any atom is -0.329 e. The summed E-state index contributed by atoms with van der Waals surface area (Å²) in [7, 11) is -3.66. The molecule has 0 saturated carbocycles. The molecular formula is C4H14N2NaO3S. The second-order valence-electron chi connectivity index (χ2n) is 1.45. The molecule has 0 heterocycles. The molecule has 0 rings (SSSR count). The van der Waals surface area contributed by atoms with Gasteiger partial charge >= 0.3 is 0 Å². The third-order valence-electron chi connectivity index (χ3n) is 0.531. The van der Waals surface area contributed by atoms with Crippen molar-refractivity contribution >= 4 is 39.7 Å². The molecule has 1 radical (unpaired) electrons. The minimum atomic E-state index is -3.66. The molecule has 0 aromatic rings. The Morgan fingerprint density at radius 2 is 1.45 bits per heavy atom. The van der Waals surface area contributed by atoms with E-state index in [0.717, 1.165) is 0 Å². The molecule has 0 atom stereocenters. The van der Waals surface area contributed by atoms with E-state index in [1.807, 2.05) is 0 Å². The topological polar surface area (TPSA) is 106 Å². The molecule has 0 aliphatic heterocycles. The van der Waals surface area contributed by atoms with Crippen molar-refractivity contribution in [2.45, 2.75) is 6.92 Å². The molecular weight excluding hydrogens is 179 g/mol. The molecule has 5 N–H and O–H groups in total. The summed E-state index contributed by atoms with van der Waals surface area (Å²) in [5, 5.41) is 0. The zero-order valence-corrected chi connectivity index (χ0v) is 9.76. The van der Waals surface area contributed by atoms with Crippen molar-refractivity contribution in [1.29, 1.82) is 0 Å². The van der Waals surface area contributed by atoms with Gasteiger partial charge in [0, 0.05) is 42.6 Å². The van der Waals surface area contributed by atoms with Crippen LogP contribution in [0.3, 0.4) is 0 Å². The summed E-state index contributed by atoms with van der Waals surface area (Å²) in [4.78, 5) is 0. The number of hydrogen-bond acceptors (Lipinski definition) is 4. The van der Waals surface area contributed by atoms with Crippen LogP contribution in [-0.4, -0.2) is 61.4 Å². The van der Waals surface area contributed by atoms with Gasteiger partial charge < -0.3 is 11.5 Å². The average Bonchev–Trinajstić information content (AvgIpc) is 1.87. The fourth-order valence-electron chi connectivity index (χ4n) is 0. The van der Waals surface area contributed by atoms with Crippen molar-refractivity contribution in [3.8, 4) is 0 Å². The zero-order valence-electron chi connectivity index (χ0n) is 6.95. The van der Waals surface area contributed by atoms with Crippen LogP contribution in [0.1, 0.15) is 6.92 Å². The van der Waals surface area contributed by atoms with Crippen LogP contribution in [0.25, 0.3) is 0 Å². The Morgan fingerprint density at radius 1 is 1.27 bits per heavy atom. The van der Waals surface area contributed by atoms with E-state index in [1.165, 1.54) is 6.92 Å². The van der Waals surface area contributed by atoms with Gasteiger partial charge in [-0.25, -0.2) is 0 Å². The predicted molar refractivity (Wildman–Crippen MR) is 46.0 cm³/mol. The Balaban J connectivity index is -0.000000114. The van der Waals surface area contributed by atoms with E-state index in [2.05, 4.69) is 0 Å². The molecule has 0 amide bonds. The van der Waals surface area contributed by atoms with Crippen LogP contribution in [0, 0.1) is 0 Å². The summed E-state index contributed by atoms with van der Waals surface area (Å²) in [6.07, 6.45) is 0. The Labute approximate surface area is 89.6 Å². The fraction of sp³-hybridized carbons (Fsp3) is 1.00. The summed E-state index contributed by atoms with van der Waals surface area (Å²) in [5.74, 6) is -0.201. The Morgan fingerprint density at radius 3 is 1.45 bits per heavy atom. The van der Waals surface area contributed by atoms with E-state index in [4.69, 9.17) is 16.0 Å². The smallest absolute Gasteiger partial charge is 0.264 e. The average molecular weight is 193 g/mol. The SMILES string of the molecule is CCS(=O)(=O)O.NCCN.[Na]. The Hall–Kier alpha value is 0.830. The van der Waals surface area contributed by atoms with Crippen LogP contribution in [0.5, 0.6) is 0 Å². The van der Waals surface area contributed by atoms with E-state index >= 15 is 0 Å². The maximum Gasteiger partial charge on any atom is 0.264 e. The van der Waals surface area contributed by atoms with Gasteiger partial charge in [-0.3, -0.25) is 4.55 Å². The van der Waals surface area contributed by atoms with Crippen LogP contribution >= 0.6 is 0 Å². The molecule has 0 unspecified atom stereocenters. The standard InChI is InChI=1S/C2H8N2.C2H6O3S.Na/c3-1-2-4;1-2-6(3,4)5;/h1-4H2;2H2,1H3,(H,3,4,5);. The summed E-state index contributed by atoms with van der Waals surface area (Å²) in [6, 6.07) is 0. The van der Waals surface area contributed by atoms with Gasteiger partial charge in [0.1, 0.15) is 0 Å². The van der Waals surface area contributed by atoms with Gasteiger partial charge in [-0.15, -0.1) is 0 Å². The van der Waals surface area contributed by atoms with Gasteiger partial charge in [0.25, 0.3) is 10.1 Å².